The number of halogens is 1. The minimum atomic E-state index is 0.496. The van der Waals surface area contributed by atoms with Crippen LogP contribution in [-0.2, 0) is 21.8 Å². The van der Waals surface area contributed by atoms with Gasteiger partial charge in [0.2, 0.25) is 0 Å². The van der Waals surface area contributed by atoms with E-state index in [1.165, 1.54) is 12.8 Å². The van der Waals surface area contributed by atoms with Crippen molar-refractivity contribution in [1.82, 2.24) is 9.97 Å². The predicted octanol–water partition coefficient (Wildman–Crippen LogP) is 2.30. The smallest absolute Gasteiger partial charge is 0.130 e. The van der Waals surface area contributed by atoms with Gasteiger partial charge < -0.3 is 9.47 Å². The van der Waals surface area contributed by atoms with E-state index in [0.717, 1.165) is 23.5 Å². The number of rotatable bonds is 8. The molecule has 1 fully saturated rings. The summed E-state index contributed by atoms with van der Waals surface area (Å²) >= 11 is 5.90. The molecule has 5 heteroatoms. The van der Waals surface area contributed by atoms with Crippen LogP contribution in [0.4, 0.5) is 0 Å². The van der Waals surface area contributed by atoms with Crippen LogP contribution in [-0.4, -0.2) is 36.9 Å². The van der Waals surface area contributed by atoms with E-state index in [1.54, 1.807) is 7.11 Å². The second kappa shape index (κ2) is 7.02. The molecule has 0 unspecified atom stereocenters. The number of nitrogens with zero attached hydrogens (tertiary/aromatic N) is 2. The normalized spacial score (nSPS) is 15.0. The van der Waals surface area contributed by atoms with Crippen molar-refractivity contribution in [3.8, 4) is 0 Å². The lowest BCUT2D eigenvalue weighted by Crippen LogP contribution is -2.08. The highest BCUT2D eigenvalue weighted by atomic mass is 35.5. The van der Waals surface area contributed by atoms with Crippen LogP contribution in [0.5, 0.6) is 0 Å². The summed E-state index contributed by atoms with van der Waals surface area (Å²) in [5.74, 6) is 1.95. The molecular weight excluding hydrogens is 252 g/mol. The van der Waals surface area contributed by atoms with Crippen molar-refractivity contribution in [2.45, 2.75) is 31.1 Å². The van der Waals surface area contributed by atoms with Crippen LogP contribution >= 0.6 is 11.6 Å². The van der Waals surface area contributed by atoms with E-state index in [4.69, 9.17) is 21.1 Å². The van der Waals surface area contributed by atoms with Gasteiger partial charge in [-0.1, -0.05) is 0 Å². The van der Waals surface area contributed by atoms with Crippen molar-refractivity contribution in [3.63, 3.8) is 0 Å². The van der Waals surface area contributed by atoms with E-state index in [2.05, 4.69) is 9.97 Å². The highest BCUT2D eigenvalue weighted by Crippen LogP contribution is 2.40. The molecule has 1 heterocycles. The minimum Gasteiger partial charge on any atom is -0.382 e. The van der Waals surface area contributed by atoms with Gasteiger partial charge in [0.05, 0.1) is 31.4 Å². The molecular formula is C13H19ClN2O2. The van der Waals surface area contributed by atoms with Crippen LogP contribution < -0.4 is 0 Å². The highest BCUT2D eigenvalue weighted by Gasteiger charge is 2.27. The number of methoxy groups -OCH3 is 1. The first-order valence-corrected chi connectivity index (χ1v) is 6.86. The van der Waals surface area contributed by atoms with Gasteiger partial charge in [-0.3, -0.25) is 0 Å². The Morgan fingerprint density at radius 1 is 1.33 bits per heavy atom. The fourth-order valence-corrected chi connectivity index (χ4v) is 2.01. The predicted molar refractivity (Wildman–Crippen MR) is 70.0 cm³/mol. The van der Waals surface area contributed by atoms with E-state index >= 15 is 0 Å². The lowest BCUT2D eigenvalue weighted by atomic mass is 10.2. The summed E-state index contributed by atoms with van der Waals surface area (Å²) in [6.45, 7) is 1.87. The largest absolute Gasteiger partial charge is 0.382 e. The Labute approximate surface area is 113 Å². The topological polar surface area (TPSA) is 44.2 Å². The molecule has 0 aliphatic heterocycles. The maximum Gasteiger partial charge on any atom is 0.130 e. The van der Waals surface area contributed by atoms with Gasteiger partial charge in [0, 0.05) is 31.2 Å². The zero-order valence-corrected chi connectivity index (χ0v) is 11.4. The Bertz CT molecular complexity index is 383. The molecule has 18 heavy (non-hydrogen) atoms. The molecule has 0 radical (unpaired) electrons. The molecule has 100 valence electrons. The fraction of sp³-hybridized carbons (Fsp3) is 0.692. The van der Waals surface area contributed by atoms with Gasteiger partial charge in [0.25, 0.3) is 0 Å². The van der Waals surface area contributed by atoms with Gasteiger partial charge >= 0.3 is 0 Å². The average molecular weight is 271 g/mol. The summed E-state index contributed by atoms with van der Waals surface area (Å²) in [4.78, 5) is 8.95. The monoisotopic (exact) mass is 270 g/mol. The van der Waals surface area contributed by atoms with E-state index in [0.29, 0.717) is 31.6 Å². The van der Waals surface area contributed by atoms with Crippen molar-refractivity contribution < 1.29 is 9.47 Å². The van der Waals surface area contributed by atoms with Crippen LogP contribution in [0.3, 0.4) is 0 Å². The van der Waals surface area contributed by atoms with Crippen LogP contribution in [0.15, 0.2) is 6.20 Å². The van der Waals surface area contributed by atoms with Crippen LogP contribution in [0, 0.1) is 0 Å². The summed E-state index contributed by atoms with van der Waals surface area (Å²) in [5.41, 5.74) is 2.22. The SMILES string of the molecule is COCCOCCc1ncc(CCl)c(C2CC2)n1. The molecule has 1 aliphatic rings. The zero-order valence-electron chi connectivity index (χ0n) is 10.7. The summed E-state index contributed by atoms with van der Waals surface area (Å²) < 4.78 is 10.3. The molecule has 2 rings (SSSR count). The Morgan fingerprint density at radius 3 is 2.83 bits per heavy atom. The maximum absolute atomic E-state index is 5.90. The molecule has 0 aromatic carbocycles. The van der Waals surface area contributed by atoms with Gasteiger partial charge in [0.1, 0.15) is 5.82 Å². The van der Waals surface area contributed by atoms with Crippen molar-refractivity contribution in [2.24, 2.45) is 0 Å². The van der Waals surface area contributed by atoms with Crippen molar-refractivity contribution in [2.75, 3.05) is 26.9 Å². The molecule has 0 saturated heterocycles. The standard InChI is InChI=1S/C13H19ClN2O2/c1-17-6-7-18-5-4-12-15-9-11(8-14)13(16-12)10-2-3-10/h9-10H,2-8H2,1H3. The molecule has 0 spiro atoms. The Kier molecular flexibility index (Phi) is 5.35. The van der Waals surface area contributed by atoms with E-state index in [1.807, 2.05) is 6.20 Å². The third kappa shape index (κ3) is 3.90. The number of aromatic nitrogens is 2. The second-order valence-corrected chi connectivity index (χ2v) is 4.73. The molecule has 0 amide bonds. The molecule has 0 bridgehead atoms. The van der Waals surface area contributed by atoms with Gasteiger partial charge in [-0.25, -0.2) is 9.97 Å². The van der Waals surface area contributed by atoms with Crippen LogP contribution in [0.25, 0.3) is 0 Å². The molecule has 1 aromatic heterocycles. The highest BCUT2D eigenvalue weighted by molar-refractivity contribution is 6.17. The van der Waals surface area contributed by atoms with Crippen molar-refractivity contribution >= 4 is 11.6 Å². The molecule has 4 nitrogen and oxygen atoms in total. The zero-order chi connectivity index (χ0) is 12.8. The number of alkyl halides is 1. The molecule has 1 aliphatic carbocycles. The summed E-state index contributed by atoms with van der Waals surface area (Å²) in [6, 6.07) is 0. The Hall–Kier alpha value is -0.710. The van der Waals surface area contributed by atoms with E-state index < -0.39 is 0 Å². The van der Waals surface area contributed by atoms with Crippen molar-refractivity contribution in [3.05, 3.63) is 23.3 Å². The van der Waals surface area contributed by atoms with Gasteiger partial charge in [-0.15, -0.1) is 11.6 Å². The lowest BCUT2D eigenvalue weighted by molar-refractivity contribution is 0.0716. The van der Waals surface area contributed by atoms with Gasteiger partial charge in [-0.2, -0.15) is 0 Å². The molecule has 1 saturated carbocycles. The summed E-state index contributed by atoms with van der Waals surface area (Å²) in [5, 5.41) is 0. The third-order valence-corrected chi connectivity index (χ3v) is 3.25. The second-order valence-electron chi connectivity index (χ2n) is 4.46. The van der Waals surface area contributed by atoms with Crippen molar-refractivity contribution in [1.29, 1.82) is 0 Å². The summed E-state index contributed by atoms with van der Waals surface area (Å²) in [7, 11) is 1.67. The Morgan fingerprint density at radius 2 is 2.17 bits per heavy atom. The summed E-state index contributed by atoms with van der Waals surface area (Å²) in [6.07, 6.45) is 5.06. The molecule has 0 atom stereocenters. The average Bonchev–Trinajstić information content (AvgIpc) is 3.22. The Balaban J connectivity index is 1.86. The third-order valence-electron chi connectivity index (χ3n) is 2.96. The first kappa shape index (κ1) is 13.7. The van der Waals surface area contributed by atoms with E-state index in [9.17, 15) is 0 Å². The number of hydrogen-bond acceptors (Lipinski definition) is 4. The maximum atomic E-state index is 5.90. The lowest BCUT2D eigenvalue weighted by Gasteiger charge is -2.07. The first-order valence-electron chi connectivity index (χ1n) is 6.32. The molecule has 1 aromatic rings. The van der Waals surface area contributed by atoms with Gasteiger partial charge in [0.15, 0.2) is 0 Å². The van der Waals surface area contributed by atoms with E-state index in [-0.39, 0.29) is 0 Å². The van der Waals surface area contributed by atoms with Crippen LogP contribution in [0.2, 0.25) is 0 Å². The minimum absolute atomic E-state index is 0.496. The number of hydrogen-bond donors (Lipinski definition) is 0. The quantitative estimate of drug-likeness (QED) is 0.537. The van der Waals surface area contributed by atoms with Gasteiger partial charge in [-0.05, 0) is 12.8 Å². The number of ether oxygens (including phenoxy) is 2. The van der Waals surface area contributed by atoms with Crippen LogP contribution in [0.1, 0.15) is 35.8 Å². The first-order chi connectivity index (χ1) is 8.85. The molecule has 0 N–H and O–H groups in total. The fourth-order valence-electron chi connectivity index (χ4n) is 1.80.